The third-order valence-electron chi connectivity index (χ3n) is 0.167. The molecular formula is C2H2KO4Ti+. The van der Waals surface area contributed by atoms with Crippen molar-refractivity contribution < 1.29 is 95.8 Å². The van der Waals surface area contributed by atoms with Gasteiger partial charge in [0.25, 0.3) is 0 Å². The zero-order valence-corrected chi connectivity index (χ0v) is 8.82. The quantitative estimate of drug-likeness (QED) is 0.272. The van der Waals surface area contributed by atoms with Crippen LogP contribution in [-0.2, 0) is 31.3 Å². The molecule has 0 aliphatic carbocycles. The summed E-state index contributed by atoms with van der Waals surface area (Å²) in [5, 5.41) is 17.9. The second-order valence-electron chi connectivity index (χ2n) is 0.575. The average Bonchev–Trinajstić information content (AvgIpc) is 1.36. The summed E-state index contributed by atoms with van der Waals surface area (Å²) in [6.07, 6.45) is 0. The van der Waals surface area contributed by atoms with Crippen LogP contribution in [0, 0.1) is 0 Å². The minimum Gasteiger partial charge on any atom is -1.00 e. The summed E-state index contributed by atoms with van der Waals surface area (Å²) >= 11 is 0. The molecule has 0 aliphatic heterocycles. The fourth-order valence-electron chi connectivity index (χ4n) is 0. The van der Waals surface area contributed by atoms with Crippen molar-refractivity contribution in [3.05, 3.63) is 0 Å². The van der Waals surface area contributed by atoms with Crippen molar-refractivity contribution in [3.8, 4) is 0 Å². The second kappa shape index (κ2) is 8.29. The van der Waals surface area contributed by atoms with E-state index in [1.165, 1.54) is 0 Å². The summed E-state index contributed by atoms with van der Waals surface area (Å²) < 4.78 is 0. The summed E-state index contributed by atoms with van der Waals surface area (Å²) in [7, 11) is 0. The largest absolute Gasteiger partial charge is 4.00 e. The molecule has 0 N–H and O–H groups in total. The molecule has 0 heterocycles. The Morgan fingerprint density at radius 3 is 1.25 bits per heavy atom. The van der Waals surface area contributed by atoms with Crippen molar-refractivity contribution >= 4 is 11.9 Å². The number of hydrogen-bond donors (Lipinski definition) is 0. The van der Waals surface area contributed by atoms with E-state index in [1.807, 2.05) is 0 Å². The molecular weight excluding hydrogens is 175 g/mol. The van der Waals surface area contributed by atoms with Crippen LogP contribution in [0.5, 0.6) is 0 Å². The minimum atomic E-state index is -2.19. The molecule has 0 spiro atoms. The molecule has 0 atom stereocenters. The number of hydrogen-bond acceptors (Lipinski definition) is 4. The number of rotatable bonds is 0. The summed E-state index contributed by atoms with van der Waals surface area (Å²) in [4.78, 5) is 17.9. The maximum Gasteiger partial charge on any atom is 4.00 e. The first kappa shape index (κ1) is 16.1. The van der Waals surface area contributed by atoms with Crippen molar-refractivity contribution in [1.82, 2.24) is 0 Å². The van der Waals surface area contributed by atoms with Gasteiger partial charge in [0.05, 0.1) is 11.9 Å². The minimum absolute atomic E-state index is 0. The molecule has 0 aromatic carbocycles. The van der Waals surface area contributed by atoms with Gasteiger partial charge in [-0.3, -0.25) is 0 Å². The van der Waals surface area contributed by atoms with Crippen molar-refractivity contribution in [2.45, 2.75) is 0 Å². The predicted molar refractivity (Wildman–Crippen MR) is 12.2 cm³/mol. The summed E-state index contributed by atoms with van der Waals surface area (Å²) in [6.45, 7) is 0. The van der Waals surface area contributed by atoms with E-state index in [2.05, 4.69) is 0 Å². The van der Waals surface area contributed by atoms with Crippen LogP contribution in [0.25, 0.3) is 0 Å². The zero-order valence-electron chi connectivity index (χ0n) is 6.13. The molecule has 0 saturated carbocycles. The summed E-state index contributed by atoms with van der Waals surface area (Å²) in [5.74, 6) is -4.37. The van der Waals surface area contributed by atoms with Gasteiger partial charge in [0, 0.05) is 0 Å². The zero-order chi connectivity index (χ0) is 5.15. The molecule has 0 aromatic rings. The molecule has 38 valence electrons. The van der Waals surface area contributed by atoms with Crippen molar-refractivity contribution in [2.24, 2.45) is 0 Å². The van der Waals surface area contributed by atoms with Crippen molar-refractivity contribution in [3.63, 3.8) is 0 Å². The van der Waals surface area contributed by atoms with Gasteiger partial charge in [0.15, 0.2) is 0 Å². The predicted octanol–water partition coefficient (Wildman–Crippen LogP) is -6.29. The standard InChI is InChI=1S/C2H2O4.K.Ti.2H/c3-1(4)2(5)6;;;;/h(H,3,4)(H,5,6);;;;/q;+1;+4;2*-1/p-2. The molecule has 0 aromatic heterocycles. The van der Waals surface area contributed by atoms with Gasteiger partial charge < -0.3 is 22.7 Å². The van der Waals surface area contributed by atoms with E-state index in [0.29, 0.717) is 0 Å². The molecule has 0 rings (SSSR count). The van der Waals surface area contributed by atoms with Crippen molar-refractivity contribution in [2.75, 3.05) is 0 Å². The Bertz CT molecular complexity index is 87.3. The third kappa shape index (κ3) is 10.3. The van der Waals surface area contributed by atoms with Gasteiger partial charge in [-0.1, -0.05) is 0 Å². The van der Waals surface area contributed by atoms with Crippen LogP contribution >= 0.6 is 0 Å². The van der Waals surface area contributed by atoms with Crippen LogP contribution in [0.4, 0.5) is 0 Å². The molecule has 0 radical (unpaired) electrons. The maximum atomic E-state index is 8.93. The normalized spacial score (nSPS) is 5.50. The van der Waals surface area contributed by atoms with Crippen LogP contribution in [-0.4, -0.2) is 11.9 Å². The van der Waals surface area contributed by atoms with Gasteiger partial charge >= 0.3 is 73.1 Å². The number of aliphatic carboxylic acids is 2. The van der Waals surface area contributed by atoms with Crippen molar-refractivity contribution in [1.29, 1.82) is 0 Å². The van der Waals surface area contributed by atoms with E-state index in [4.69, 9.17) is 19.8 Å². The Morgan fingerprint density at radius 2 is 1.25 bits per heavy atom. The van der Waals surface area contributed by atoms with Crippen LogP contribution < -0.4 is 61.6 Å². The fourth-order valence-corrected chi connectivity index (χ4v) is 0. The molecule has 4 nitrogen and oxygen atoms in total. The van der Waals surface area contributed by atoms with Crippen LogP contribution in [0.3, 0.4) is 0 Å². The van der Waals surface area contributed by atoms with Gasteiger partial charge in [-0.05, 0) is 0 Å². The molecule has 0 bridgehead atoms. The van der Waals surface area contributed by atoms with E-state index in [1.54, 1.807) is 0 Å². The van der Waals surface area contributed by atoms with Gasteiger partial charge in [0.1, 0.15) is 0 Å². The SMILES string of the molecule is O=C([O-])C(=O)[O-].[H-].[H-].[K+].[Ti+4]. The Balaban J connectivity index is -0.0000000208. The van der Waals surface area contributed by atoms with E-state index in [-0.39, 0.29) is 76.0 Å². The number of carboxylic acid groups (broad SMARTS) is 2. The molecule has 0 unspecified atom stereocenters. The molecule has 0 saturated heterocycles. The first-order valence-corrected chi connectivity index (χ1v) is 1.07. The maximum absolute atomic E-state index is 8.93. The Labute approximate surface area is 106 Å². The number of carboxylic acids is 2. The first-order chi connectivity index (χ1) is 2.64. The molecule has 0 fully saturated rings. The van der Waals surface area contributed by atoms with Gasteiger partial charge in [-0.15, -0.1) is 0 Å². The Morgan fingerprint density at radius 1 is 1.12 bits per heavy atom. The average molecular weight is 177 g/mol. The fraction of sp³-hybridized carbons (Fsp3) is 0. The molecule has 8 heavy (non-hydrogen) atoms. The van der Waals surface area contributed by atoms with Crippen LogP contribution in [0.1, 0.15) is 2.85 Å². The van der Waals surface area contributed by atoms with Crippen LogP contribution in [0.2, 0.25) is 0 Å². The Hall–Kier alpha value is 1.29. The first-order valence-electron chi connectivity index (χ1n) is 1.07. The summed E-state index contributed by atoms with van der Waals surface area (Å²) in [6, 6.07) is 0. The monoisotopic (exact) mass is 177 g/mol. The van der Waals surface area contributed by atoms with E-state index in [9.17, 15) is 0 Å². The van der Waals surface area contributed by atoms with Crippen LogP contribution in [0.15, 0.2) is 0 Å². The number of carbonyl (C=O) groups excluding carboxylic acids is 2. The van der Waals surface area contributed by atoms with Gasteiger partial charge in [-0.2, -0.15) is 0 Å². The topological polar surface area (TPSA) is 80.3 Å². The number of carbonyl (C=O) groups is 2. The summed E-state index contributed by atoms with van der Waals surface area (Å²) in [5.41, 5.74) is 0. The third-order valence-corrected chi connectivity index (χ3v) is 0.167. The van der Waals surface area contributed by atoms with Gasteiger partial charge in [-0.25, -0.2) is 0 Å². The molecule has 6 heteroatoms. The Kier molecular flexibility index (Phi) is 16.7. The van der Waals surface area contributed by atoms with Gasteiger partial charge in [0.2, 0.25) is 0 Å². The second-order valence-corrected chi connectivity index (χ2v) is 0.575. The van der Waals surface area contributed by atoms with E-state index < -0.39 is 11.9 Å². The molecule has 0 aliphatic rings. The van der Waals surface area contributed by atoms with E-state index >= 15 is 0 Å². The van der Waals surface area contributed by atoms with E-state index in [0.717, 1.165) is 0 Å². The smallest absolute Gasteiger partial charge is 1.00 e. The molecule has 0 amide bonds.